The van der Waals surface area contributed by atoms with Crippen LogP contribution in [0, 0.1) is 23.2 Å². The van der Waals surface area contributed by atoms with E-state index < -0.39 is 29.9 Å². The number of amides is 1. The highest BCUT2D eigenvalue weighted by Gasteiger charge is 2.55. The van der Waals surface area contributed by atoms with Crippen molar-refractivity contribution >= 4 is 34.2 Å². The quantitative estimate of drug-likeness (QED) is 0.639. The lowest BCUT2D eigenvalue weighted by molar-refractivity contribution is -0.147. The molecule has 7 nitrogen and oxygen atoms in total. The predicted molar refractivity (Wildman–Crippen MR) is 116 cm³/mol. The molecule has 0 aromatic carbocycles. The minimum Gasteiger partial charge on any atom is -0.481 e. The Labute approximate surface area is 186 Å². The lowest BCUT2D eigenvalue weighted by Gasteiger charge is -2.36. The summed E-state index contributed by atoms with van der Waals surface area (Å²) in [6, 6.07) is 0. The Kier molecular flexibility index (Phi) is 5.89. The second-order valence-corrected chi connectivity index (χ2v) is 10.8. The number of esters is 1. The van der Waals surface area contributed by atoms with Gasteiger partial charge in [0.1, 0.15) is 5.00 Å². The topological polar surface area (TPSA) is 102 Å². The van der Waals surface area contributed by atoms with Gasteiger partial charge in [0.2, 0.25) is 5.91 Å². The molecule has 1 aliphatic carbocycles. The molecule has 0 unspecified atom stereocenters. The van der Waals surface area contributed by atoms with Gasteiger partial charge in [-0.1, -0.05) is 27.2 Å². The molecule has 1 aromatic heterocycles. The summed E-state index contributed by atoms with van der Waals surface area (Å²) in [5.74, 6) is -2.92. The number of ether oxygens (including phenoxy) is 2. The molecule has 3 heterocycles. The SMILES string of the molecule is CCC(C)(C)[C@@H]1CCc2c(sc(NC(=O)[C@H]3[C@@H](C(=O)O)[C@@H]4CC[C@@H]3O4)c2C(=O)OC)C1. The molecule has 3 aliphatic rings. The van der Waals surface area contributed by atoms with Crippen LogP contribution >= 0.6 is 11.3 Å². The number of aliphatic carboxylic acids is 1. The highest BCUT2D eigenvalue weighted by molar-refractivity contribution is 7.17. The first kappa shape index (κ1) is 22.3. The van der Waals surface area contributed by atoms with Crippen molar-refractivity contribution in [1.82, 2.24) is 0 Å². The van der Waals surface area contributed by atoms with E-state index in [1.54, 1.807) is 0 Å². The van der Waals surface area contributed by atoms with Gasteiger partial charge in [0.05, 0.1) is 36.7 Å². The van der Waals surface area contributed by atoms with E-state index in [1.807, 2.05) is 0 Å². The number of methoxy groups -OCH3 is 1. The van der Waals surface area contributed by atoms with Crippen LogP contribution in [0.5, 0.6) is 0 Å². The van der Waals surface area contributed by atoms with Crippen LogP contribution in [-0.2, 0) is 31.9 Å². The molecule has 1 aromatic rings. The molecule has 2 fully saturated rings. The average molecular weight is 450 g/mol. The predicted octanol–water partition coefficient (Wildman–Crippen LogP) is 3.89. The first-order valence-corrected chi connectivity index (χ1v) is 11.9. The molecule has 2 bridgehead atoms. The fourth-order valence-corrected chi connectivity index (χ4v) is 6.79. The molecule has 1 amide bonds. The molecular weight excluding hydrogens is 418 g/mol. The van der Waals surface area contributed by atoms with E-state index in [0.29, 0.717) is 29.3 Å². The molecule has 0 radical (unpaired) electrons. The highest BCUT2D eigenvalue weighted by atomic mass is 32.1. The summed E-state index contributed by atoms with van der Waals surface area (Å²) in [5, 5.41) is 13.0. The van der Waals surface area contributed by atoms with Crippen molar-refractivity contribution in [3.05, 3.63) is 16.0 Å². The Hall–Kier alpha value is -1.93. The Balaban J connectivity index is 1.62. The van der Waals surface area contributed by atoms with Crippen LogP contribution in [0.25, 0.3) is 0 Å². The molecule has 0 saturated carbocycles. The number of carboxylic acid groups (broad SMARTS) is 1. The zero-order chi connectivity index (χ0) is 22.5. The second kappa shape index (κ2) is 8.20. The first-order valence-electron chi connectivity index (χ1n) is 11.1. The van der Waals surface area contributed by atoms with Crippen molar-refractivity contribution < 1.29 is 29.0 Å². The summed E-state index contributed by atoms with van der Waals surface area (Å²) in [6.07, 6.45) is 4.27. The zero-order valence-corrected chi connectivity index (χ0v) is 19.3. The number of hydrogen-bond donors (Lipinski definition) is 2. The van der Waals surface area contributed by atoms with Crippen molar-refractivity contribution in [2.24, 2.45) is 23.2 Å². The maximum absolute atomic E-state index is 13.2. The minimum absolute atomic E-state index is 0.200. The van der Waals surface area contributed by atoms with Gasteiger partial charge in [-0.25, -0.2) is 4.79 Å². The van der Waals surface area contributed by atoms with Crippen molar-refractivity contribution in [2.75, 3.05) is 12.4 Å². The standard InChI is InChI=1S/C23H31NO6S/c1-5-23(2,3)11-6-7-12-15(10-11)31-20(16(12)22(28)29-4)24-19(25)17-13-8-9-14(30-13)18(17)21(26)27/h11,13-14,17-18H,5-10H2,1-4H3,(H,24,25)(H,26,27)/t11-,13+,14+,17-,18+/m1/s1. The maximum atomic E-state index is 13.2. The second-order valence-electron chi connectivity index (χ2n) is 9.65. The number of fused-ring (bicyclic) bond motifs is 3. The Bertz CT molecular complexity index is 906. The third kappa shape index (κ3) is 3.78. The Morgan fingerprint density at radius 1 is 1.19 bits per heavy atom. The summed E-state index contributed by atoms with van der Waals surface area (Å²) in [4.78, 5) is 38.7. The molecule has 170 valence electrons. The monoisotopic (exact) mass is 449 g/mol. The van der Waals surface area contributed by atoms with Crippen LogP contribution in [0.4, 0.5) is 5.00 Å². The molecule has 0 spiro atoms. The molecule has 2 N–H and O–H groups in total. The number of carbonyl (C=O) groups is 3. The van der Waals surface area contributed by atoms with E-state index >= 15 is 0 Å². The molecule has 2 saturated heterocycles. The summed E-state index contributed by atoms with van der Waals surface area (Å²) >= 11 is 1.43. The van der Waals surface area contributed by atoms with Gasteiger partial charge in [-0.3, -0.25) is 9.59 Å². The summed E-state index contributed by atoms with van der Waals surface area (Å²) in [6.45, 7) is 6.76. The molecule has 5 atom stereocenters. The Morgan fingerprint density at radius 2 is 1.87 bits per heavy atom. The summed E-state index contributed by atoms with van der Waals surface area (Å²) in [5.41, 5.74) is 1.60. The molecule has 4 rings (SSSR count). The van der Waals surface area contributed by atoms with Gasteiger partial charge in [0.25, 0.3) is 0 Å². The van der Waals surface area contributed by atoms with E-state index in [-0.39, 0.29) is 17.4 Å². The van der Waals surface area contributed by atoms with Gasteiger partial charge >= 0.3 is 11.9 Å². The van der Waals surface area contributed by atoms with E-state index in [1.165, 1.54) is 18.4 Å². The highest BCUT2D eigenvalue weighted by Crippen LogP contribution is 2.47. The van der Waals surface area contributed by atoms with E-state index in [2.05, 4.69) is 26.1 Å². The Morgan fingerprint density at radius 3 is 2.48 bits per heavy atom. The first-order chi connectivity index (χ1) is 14.7. The number of hydrogen-bond acceptors (Lipinski definition) is 6. The summed E-state index contributed by atoms with van der Waals surface area (Å²) in [7, 11) is 1.34. The van der Waals surface area contributed by atoms with Crippen molar-refractivity contribution in [3.63, 3.8) is 0 Å². The smallest absolute Gasteiger partial charge is 0.341 e. The van der Waals surface area contributed by atoms with E-state index in [4.69, 9.17) is 9.47 Å². The third-order valence-corrected chi connectivity index (χ3v) is 8.94. The largest absolute Gasteiger partial charge is 0.481 e. The zero-order valence-electron chi connectivity index (χ0n) is 18.5. The van der Waals surface area contributed by atoms with Gasteiger partial charge in [-0.15, -0.1) is 11.3 Å². The molecule has 8 heteroatoms. The van der Waals surface area contributed by atoms with Gasteiger partial charge < -0.3 is 19.9 Å². The number of nitrogens with one attached hydrogen (secondary N) is 1. The number of carboxylic acids is 1. The summed E-state index contributed by atoms with van der Waals surface area (Å²) < 4.78 is 10.8. The number of rotatable bonds is 6. The van der Waals surface area contributed by atoms with Crippen molar-refractivity contribution in [2.45, 2.75) is 71.5 Å². The van der Waals surface area contributed by atoms with Gasteiger partial charge in [0.15, 0.2) is 0 Å². The van der Waals surface area contributed by atoms with Crippen LogP contribution in [0.15, 0.2) is 0 Å². The van der Waals surface area contributed by atoms with Gasteiger partial charge in [-0.05, 0) is 49.0 Å². The lowest BCUT2D eigenvalue weighted by Crippen LogP contribution is -2.41. The molecule has 2 aliphatic heterocycles. The normalized spacial score (nSPS) is 29.5. The van der Waals surface area contributed by atoms with Crippen molar-refractivity contribution in [3.8, 4) is 0 Å². The van der Waals surface area contributed by atoms with Crippen LogP contribution in [0.1, 0.15) is 67.3 Å². The van der Waals surface area contributed by atoms with Crippen LogP contribution in [0.3, 0.4) is 0 Å². The number of carbonyl (C=O) groups excluding carboxylic acids is 2. The third-order valence-electron chi connectivity index (χ3n) is 7.77. The number of thiophene rings is 1. The number of anilines is 1. The lowest BCUT2D eigenvalue weighted by atomic mass is 9.69. The van der Waals surface area contributed by atoms with E-state index in [0.717, 1.165) is 36.1 Å². The fourth-order valence-electron chi connectivity index (χ4n) is 5.47. The van der Waals surface area contributed by atoms with Gasteiger partial charge in [0, 0.05) is 4.88 Å². The van der Waals surface area contributed by atoms with Crippen LogP contribution < -0.4 is 5.32 Å². The minimum atomic E-state index is -1.00. The van der Waals surface area contributed by atoms with E-state index in [9.17, 15) is 19.5 Å². The van der Waals surface area contributed by atoms with Crippen molar-refractivity contribution in [1.29, 1.82) is 0 Å². The van der Waals surface area contributed by atoms with Gasteiger partial charge in [-0.2, -0.15) is 0 Å². The van der Waals surface area contributed by atoms with Crippen LogP contribution in [-0.4, -0.2) is 42.3 Å². The maximum Gasteiger partial charge on any atom is 0.341 e. The average Bonchev–Trinajstić information content (AvgIpc) is 3.44. The molecular formula is C23H31NO6S. The fraction of sp³-hybridized carbons (Fsp3) is 0.696. The van der Waals surface area contributed by atoms with Crippen LogP contribution in [0.2, 0.25) is 0 Å². The molecule has 31 heavy (non-hydrogen) atoms.